The second-order valence-corrected chi connectivity index (χ2v) is 3.89. The van der Waals surface area contributed by atoms with Crippen LogP contribution < -0.4 is 0 Å². The standard InChI is InChI=1S/C10H9N3S/c1-13-8(4-5-11)7-12-10(13)9-3-2-6-14-9/h2-3,6-7H,4H2,1H3. The minimum absolute atomic E-state index is 0.412. The molecule has 0 aromatic carbocycles. The summed E-state index contributed by atoms with van der Waals surface area (Å²) in [5, 5.41) is 10.6. The van der Waals surface area contributed by atoms with Crippen molar-refractivity contribution in [3.05, 3.63) is 29.4 Å². The van der Waals surface area contributed by atoms with Crippen molar-refractivity contribution in [3.63, 3.8) is 0 Å². The number of imidazole rings is 1. The average Bonchev–Trinajstić information content (AvgIpc) is 2.77. The minimum Gasteiger partial charge on any atom is -0.329 e. The molecular formula is C10H9N3S. The highest BCUT2D eigenvalue weighted by Crippen LogP contribution is 2.23. The molecule has 0 saturated carbocycles. The Hall–Kier alpha value is -1.60. The Morgan fingerprint density at radius 3 is 3.14 bits per heavy atom. The molecule has 14 heavy (non-hydrogen) atoms. The Kier molecular flexibility index (Phi) is 2.33. The van der Waals surface area contributed by atoms with Gasteiger partial charge >= 0.3 is 0 Å². The van der Waals surface area contributed by atoms with E-state index in [9.17, 15) is 0 Å². The summed E-state index contributed by atoms with van der Waals surface area (Å²) in [6.07, 6.45) is 2.17. The number of nitriles is 1. The van der Waals surface area contributed by atoms with Gasteiger partial charge in [-0.2, -0.15) is 5.26 Å². The smallest absolute Gasteiger partial charge is 0.149 e. The molecule has 0 N–H and O–H groups in total. The van der Waals surface area contributed by atoms with E-state index in [2.05, 4.69) is 11.1 Å². The van der Waals surface area contributed by atoms with Crippen LogP contribution in [0.15, 0.2) is 23.7 Å². The first-order chi connectivity index (χ1) is 6.83. The zero-order valence-corrected chi connectivity index (χ0v) is 8.58. The average molecular weight is 203 g/mol. The molecule has 0 saturated heterocycles. The van der Waals surface area contributed by atoms with Crippen molar-refractivity contribution in [3.8, 4) is 16.8 Å². The van der Waals surface area contributed by atoms with Gasteiger partial charge in [-0.25, -0.2) is 4.98 Å². The van der Waals surface area contributed by atoms with Crippen LogP contribution >= 0.6 is 11.3 Å². The van der Waals surface area contributed by atoms with E-state index in [1.165, 1.54) is 0 Å². The lowest BCUT2D eigenvalue weighted by Crippen LogP contribution is -1.96. The van der Waals surface area contributed by atoms with Crippen LogP contribution in [0.5, 0.6) is 0 Å². The molecule has 70 valence electrons. The van der Waals surface area contributed by atoms with Gasteiger partial charge in [0.25, 0.3) is 0 Å². The van der Waals surface area contributed by atoms with Crippen LogP contribution in [0, 0.1) is 11.3 Å². The maximum Gasteiger partial charge on any atom is 0.149 e. The highest BCUT2D eigenvalue weighted by Gasteiger charge is 2.08. The van der Waals surface area contributed by atoms with Crippen molar-refractivity contribution in [1.82, 2.24) is 9.55 Å². The molecule has 0 fully saturated rings. The number of rotatable bonds is 2. The van der Waals surface area contributed by atoms with Crippen LogP contribution in [0.2, 0.25) is 0 Å². The molecule has 3 nitrogen and oxygen atoms in total. The third kappa shape index (κ3) is 1.42. The summed E-state index contributed by atoms with van der Waals surface area (Å²) in [7, 11) is 1.94. The SMILES string of the molecule is Cn1c(CC#N)cnc1-c1cccs1. The van der Waals surface area contributed by atoms with E-state index in [0.717, 1.165) is 16.4 Å². The predicted octanol–water partition coefficient (Wildman–Crippen LogP) is 2.21. The first-order valence-corrected chi connectivity index (χ1v) is 5.12. The third-order valence-corrected chi connectivity index (χ3v) is 2.95. The lowest BCUT2D eigenvalue weighted by atomic mass is 10.3. The van der Waals surface area contributed by atoms with E-state index < -0.39 is 0 Å². The van der Waals surface area contributed by atoms with Crippen LogP contribution in [0.25, 0.3) is 10.7 Å². The molecule has 2 aromatic rings. The monoisotopic (exact) mass is 203 g/mol. The summed E-state index contributed by atoms with van der Waals surface area (Å²) in [6, 6.07) is 6.16. The van der Waals surface area contributed by atoms with Crippen LogP contribution in [0.3, 0.4) is 0 Å². The second kappa shape index (κ2) is 3.64. The molecule has 0 amide bonds. The predicted molar refractivity (Wildman–Crippen MR) is 55.8 cm³/mol. The molecule has 2 aromatic heterocycles. The molecule has 0 aliphatic rings. The molecule has 0 bridgehead atoms. The van der Waals surface area contributed by atoms with Gasteiger partial charge in [0, 0.05) is 13.2 Å². The van der Waals surface area contributed by atoms with Gasteiger partial charge in [-0.1, -0.05) is 6.07 Å². The van der Waals surface area contributed by atoms with Gasteiger partial charge < -0.3 is 4.57 Å². The Bertz CT molecular complexity index is 462. The van der Waals surface area contributed by atoms with Crippen LogP contribution in [0.4, 0.5) is 0 Å². The van der Waals surface area contributed by atoms with E-state index in [1.807, 2.05) is 29.1 Å². The molecule has 0 spiro atoms. The van der Waals surface area contributed by atoms with E-state index in [4.69, 9.17) is 5.26 Å². The summed E-state index contributed by atoms with van der Waals surface area (Å²) < 4.78 is 1.97. The Morgan fingerprint density at radius 2 is 2.50 bits per heavy atom. The molecule has 0 aliphatic carbocycles. The van der Waals surface area contributed by atoms with Crippen LogP contribution in [-0.4, -0.2) is 9.55 Å². The summed E-state index contributed by atoms with van der Waals surface area (Å²) in [6.45, 7) is 0. The zero-order chi connectivity index (χ0) is 9.97. The fourth-order valence-electron chi connectivity index (χ4n) is 1.32. The fraction of sp³-hybridized carbons (Fsp3) is 0.200. The van der Waals surface area contributed by atoms with E-state index in [1.54, 1.807) is 17.5 Å². The maximum absolute atomic E-state index is 8.60. The molecule has 0 aliphatic heterocycles. The number of nitrogens with zero attached hydrogens (tertiary/aromatic N) is 3. The summed E-state index contributed by atoms with van der Waals surface area (Å²) in [5.41, 5.74) is 0.955. The van der Waals surface area contributed by atoms with Gasteiger partial charge in [0.05, 0.1) is 23.1 Å². The van der Waals surface area contributed by atoms with Crippen LogP contribution in [-0.2, 0) is 13.5 Å². The second-order valence-electron chi connectivity index (χ2n) is 2.94. The van der Waals surface area contributed by atoms with E-state index in [-0.39, 0.29) is 0 Å². The van der Waals surface area contributed by atoms with Crippen molar-refractivity contribution in [2.24, 2.45) is 7.05 Å². The third-order valence-electron chi connectivity index (χ3n) is 2.09. The van der Waals surface area contributed by atoms with E-state index >= 15 is 0 Å². The van der Waals surface area contributed by atoms with Gasteiger partial charge in [-0.05, 0) is 11.4 Å². The van der Waals surface area contributed by atoms with Gasteiger partial charge in [-0.3, -0.25) is 0 Å². The highest BCUT2D eigenvalue weighted by atomic mass is 32.1. The molecule has 0 atom stereocenters. The van der Waals surface area contributed by atoms with Gasteiger partial charge in [0.15, 0.2) is 0 Å². The minimum atomic E-state index is 0.412. The first kappa shape index (κ1) is 8.97. The number of aromatic nitrogens is 2. The summed E-state index contributed by atoms with van der Waals surface area (Å²) >= 11 is 1.66. The number of thiophene rings is 1. The van der Waals surface area contributed by atoms with Crippen molar-refractivity contribution in [1.29, 1.82) is 5.26 Å². The Labute approximate surface area is 86.3 Å². The van der Waals surface area contributed by atoms with Gasteiger partial charge in [-0.15, -0.1) is 11.3 Å². The van der Waals surface area contributed by atoms with Crippen molar-refractivity contribution < 1.29 is 0 Å². The van der Waals surface area contributed by atoms with Gasteiger partial charge in [0.1, 0.15) is 5.82 Å². The summed E-state index contributed by atoms with van der Waals surface area (Å²) in [5.74, 6) is 0.935. The lowest BCUT2D eigenvalue weighted by Gasteiger charge is -2.00. The number of hydrogen-bond donors (Lipinski definition) is 0. The maximum atomic E-state index is 8.60. The van der Waals surface area contributed by atoms with Gasteiger partial charge in [0.2, 0.25) is 0 Å². The normalized spacial score (nSPS) is 10.0. The highest BCUT2D eigenvalue weighted by molar-refractivity contribution is 7.13. The lowest BCUT2D eigenvalue weighted by molar-refractivity contribution is 0.866. The molecule has 4 heteroatoms. The topological polar surface area (TPSA) is 41.6 Å². The summed E-state index contributed by atoms with van der Waals surface area (Å²) in [4.78, 5) is 5.43. The Morgan fingerprint density at radius 1 is 1.64 bits per heavy atom. The molecule has 0 radical (unpaired) electrons. The van der Waals surface area contributed by atoms with Crippen molar-refractivity contribution >= 4 is 11.3 Å². The van der Waals surface area contributed by atoms with Crippen LogP contribution in [0.1, 0.15) is 5.69 Å². The Balaban J connectivity index is 2.42. The molecule has 2 rings (SSSR count). The largest absolute Gasteiger partial charge is 0.329 e. The van der Waals surface area contributed by atoms with Crippen molar-refractivity contribution in [2.75, 3.05) is 0 Å². The number of hydrogen-bond acceptors (Lipinski definition) is 3. The zero-order valence-electron chi connectivity index (χ0n) is 7.77. The van der Waals surface area contributed by atoms with E-state index in [0.29, 0.717) is 6.42 Å². The molecule has 2 heterocycles. The first-order valence-electron chi connectivity index (χ1n) is 4.24. The van der Waals surface area contributed by atoms with Crippen molar-refractivity contribution in [2.45, 2.75) is 6.42 Å². The molecular weight excluding hydrogens is 194 g/mol. The molecule has 0 unspecified atom stereocenters. The fourth-order valence-corrected chi connectivity index (χ4v) is 2.08. The quantitative estimate of drug-likeness (QED) is 0.751.